The molecule has 4 nitrogen and oxygen atoms in total. The predicted octanol–water partition coefficient (Wildman–Crippen LogP) is 3.51. The molecule has 0 heterocycles. The molecule has 4 heteroatoms. The maximum Gasteiger partial charge on any atom is 0.407 e. The van der Waals surface area contributed by atoms with Crippen LogP contribution in [0.1, 0.15) is 46.6 Å². The summed E-state index contributed by atoms with van der Waals surface area (Å²) < 4.78 is 5.24. The first-order chi connectivity index (χ1) is 10.3. The molecule has 0 aliphatic heterocycles. The monoisotopic (exact) mass is 306 g/mol. The van der Waals surface area contributed by atoms with Crippen LogP contribution < -0.4 is 10.6 Å². The SMILES string of the molecule is CCC(Cc1ccccc1)NC(C)CNC(=O)OC(C)(C)C. The van der Waals surface area contributed by atoms with Crippen molar-refractivity contribution in [2.45, 2.75) is 65.1 Å². The number of rotatable bonds is 7. The first-order valence-electron chi connectivity index (χ1n) is 8.07. The molecule has 2 unspecified atom stereocenters. The number of amides is 1. The third kappa shape index (κ3) is 8.03. The summed E-state index contributed by atoms with van der Waals surface area (Å²) in [7, 11) is 0. The minimum absolute atomic E-state index is 0.196. The summed E-state index contributed by atoms with van der Waals surface area (Å²) in [6, 6.07) is 11.1. The third-order valence-electron chi connectivity index (χ3n) is 3.29. The average molecular weight is 306 g/mol. The Morgan fingerprint density at radius 2 is 1.86 bits per heavy atom. The van der Waals surface area contributed by atoms with Crippen molar-refractivity contribution < 1.29 is 9.53 Å². The summed E-state index contributed by atoms with van der Waals surface area (Å²) in [5.41, 5.74) is 0.870. The number of hydrogen-bond acceptors (Lipinski definition) is 3. The molecule has 0 fully saturated rings. The molecule has 0 bridgehead atoms. The van der Waals surface area contributed by atoms with Gasteiger partial charge in [-0.3, -0.25) is 0 Å². The number of carbonyl (C=O) groups is 1. The molecule has 0 radical (unpaired) electrons. The molecule has 1 rings (SSSR count). The zero-order chi connectivity index (χ0) is 16.6. The number of ether oxygens (including phenoxy) is 1. The Labute approximate surface area is 134 Å². The highest BCUT2D eigenvalue weighted by atomic mass is 16.6. The summed E-state index contributed by atoms with van der Waals surface area (Å²) in [6.45, 7) is 10.4. The van der Waals surface area contributed by atoms with Gasteiger partial charge in [-0.15, -0.1) is 0 Å². The molecule has 0 saturated heterocycles. The zero-order valence-corrected chi connectivity index (χ0v) is 14.5. The molecule has 0 aliphatic carbocycles. The minimum Gasteiger partial charge on any atom is -0.444 e. The topological polar surface area (TPSA) is 50.4 Å². The molecule has 1 aromatic carbocycles. The van der Waals surface area contributed by atoms with Crippen LogP contribution in [0.3, 0.4) is 0 Å². The van der Waals surface area contributed by atoms with Crippen LogP contribution in [0.15, 0.2) is 30.3 Å². The highest BCUT2D eigenvalue weighted by molar-refractivity contribution is 5.67. The number of benzene rings is 1. The van der Waals surface area contributed by atoms with Crippen LogP contribution in [0, 0.1) is 0 Å². The Morgan fingerprint density at radius 1 is 1.23 bits per heavy atom. The molecule has 2 N–H and O–H groups in total. The first kappa shape index (κ1) is 18.5. The lowest BCUT2D eigenvalue weighted by Gasteiger charge is -2.24. The van der Waals surface area contributed by atoms with Crippen LogP contribution >= 0.6 is 0 Å². The van der Waals surface area contributed by atoms with Gasteiger partial charge in [-0.1, -0.05) is 37.3 Å². The molecule has 2 atom stereocenters. The van der Waals surface area contributed by atoms with Gasteiger partial charge in [0.15, 0.2) is 0 Å². The standard InChI is InChI=1S/C18H30N2O2/c1-6-16(12-15-10-8-7-9-11-15)20-14(2)13-19-17(21)22-18(3,4)5/h7-11,14,16,20H,6,12-13H2,1-5H3,(H,19,21). The second kappa shape index (κ2) is 8.79. The van der Waals surface area contributed by atoms with Crippen molar-refractivity contribution >= 4 is 6.09 Å². The van der Waals surface area contributed by atoms with Gasteiger partial charge in [0.05, 0.1) is 0 Å². The summed E-state index contributed by atoms with van der Waals surface area (Å²) in [4.78, 5) is 11.6. The molecule has 22 heavy (non-hydrogen) atoms. The maximum absolute atomic E-state index is 11.6. The van der Waals surface area contributed by atoms with Crippen LogP contribution in [-0.4, -0.2) is 30.3 Å². The van der Waals surface area contributed by atoms with E-state index >= 15 is 0 Å². The van der Waals surface area contributed by atoms with Gasteiger partial charge in [0, 0.05) is 18.6 Å². The van der Waals surface area contributed by atoms with Crippen LogP contribution in [0.25, 0.3) is 0 Å². The van der Waals surface area contributed by atoms with Crippen LogP contribution in [0.2, 0.25) is 0 Å². The Bertz CT molecular complexity index is 440. The van der Waals surface area contributed by atoms with Crippen molar-refractivity contribution in [3.8, 4) is 0 Å². The highest BCUT2D eigenvalue weighted by Crippen LogP contribution is 2.07. The molecule has 0 spiro atoms. The predicted molar refractivity (Wildman–Crippen MR) is 91.1 cm³/mol. The average Bonchev–Trinajstić information content (AvgIpc) is 2.44. The first-order valence-corrected chi connectivity index (χ1v) is 8.07. The number of nitrogens with one attached hydrogen (secondary N) is 2. The smallest absolute Gasteiger partial charge is 0.407 e. The maximum atomic E-state index is 11.6. The summed E-state index contributed by atoms with van der Waals surface area (Å²) in [5.74, 6) is 0. The molecule has 1 aromatic rings. The van der Waals surface area contributed by atoms with E-state index in [1.165, 1.54) is 5.56 Å². The quantitative estimate of drug-likeness (QED) is 0.810. The van der Waals surface area contributed by atoms with Crippen LogP contribution in [0.5, 0.6) is 0 Å². The van der Waals surface area contributed by atoms with Crippen LogP contribution in [0.4, 0.5) is 4.79 Å². The van der Waals surface area contributed by atoms with Crippen molar-refractivity contribution in [3.05, 3.63) is 35.9 Å². The fraction of sp³-hybridized carbons (Fsp3) is 0.611. The summed E-state index contributed by atoms with van der Waals surface area (Å²) in [6.07, 6.45) is 1.68. The van der Waals surface area contributed by atoms with Crippen molar-refractivity contribution in [1.29, 1.82) is 0 Å². The number of carbonyl (C=O) groups excluding carboxylic acids is 1. The van der Waals surface area contributed by atoms with E-state index in [-0.39, 0.29) is 12.1 Å². The van der Waals surface area contributed by atoms with E-state index in [1.54, 1.807) is 0 Å². The second-order valence-corrected chi connectivity index (χ2v) is 6.75. The number of hydrogen-bond donors (Lipinski definition) is 2. The van der Waals surface area contributed by atoms with E-state index in [4.69, 9.17) is 4.74 Å². The zero-order valence-electron chi connectivity index (χ0n) is 14.5. The van der Waals surface area contributed by atoms with Gasteiger partial charge in [0.2, 0.25) is 0 Å². The van der Waals surface area contributed by atoms with E-state index in [0.717, 1.165) is 12.8 Å². The van der Waals surface area contributed by atoms with Gasteiger partial charge in [-0.2, -0.15) is 0 Å². The van der Waals surface area contributed by atoms with E-state index in [2.05, 4.69) is 48.7 Å². The lowest BCUT2D eigenvalue weighted by Crippen LogP contribution is -2.45. The Balaban J connectivity index is 2.35. The lowest BCUT2D eigenvalue weighted by molar-refractivity contribution is 0.0522. The van der Waals surface area contributed by atoms with E-state index in [1.807, 2.05) is 26.8 Å². The van der Waals surface area contributed by atoms with Crippen molar-refractivity contribution in [2.24, 2.45) is 0 Å². The van der Waals surface area contributed by atoms with Crippen molar-refractivity contribution in [3.63, 3.8) is 0 Å². The molecular weight excluding hydrogens is 276 g/mol. The Kier molecular flexibility index (Phi) is 7.39. The molecular formula is C18H30N2O2. The van der Waals surface area contributed by atoms with Gasteiger partial charge in [-0.05, 0) is 46.1 Å². The van der Waals surface area contributed by atoms with E-state index < -0.39 is 5.60 Å². The van der Waals surface area contributed by atoms with E-state index in [0.29, 0.717) is 12.6 Å². The van der Waals surface area contributed by atoms with Gasteiger partial charge >= 0.3 is 6.09 Å². The highest BCUT2D eigenvalue weighted by Gasteiger charge is 2.17. The molecule has 124 valence electrons. The van der Waals surface area contributed by atoms with Gasteiger partial charge in [-0.25, -0.2) is 4.79 Å². The fourth-order valence-electron chi connectivity index (χ4n) is 2.23. The van der Waals surface area contributed by atoms with Crippen LogP contribution in [-0.2, 0) is 11.2 Å². The largest absolute Gasteiger partial charge is 0.444 e. The summed E-state index contributed by atoms with van der Waals surface area (Å²) >= 11 is 0. The van der Waals surface area contributed by atoms with Gasteiger partial charge in [0.25, 0.3) is 0 Å². The molecule has 0 aliphatic rings. The minimum atomic E-state index is -0.458. The molecule has 1 amide bonds. The van der Waals surface area contributed by atoms with E-state index in [9.17, 15) is 4.79 Å². The summed E-state index contributed by atoms with van der Waals surface area (Å²) in [5, 5.41) is 6.37. The lowest BCUT2D eigenvalue weighted by atomic mass is 10.0. The van der Waals surface area contributed by atoms with Gasteiger partial charge in [0.1, 0.15) is 5.60 Å². The van der Waals surface area contributed by atoms with Crippen molar-refractivity contribution in [1.82, 2.24) is 10.6 Å². The second-order valence-electron chi connectivity index (χ2n) is 6.75. The molecule has 0 aromatic heterocycles. The molecule has 0 saturated carbocycles. The third-order valence-corrected chi connectivity index (χ3v) is 3.29. The fourth-order valence-corrected chi connectivity index (χ4v) is 2.23. The number of alkyl carbamates (subject to hydrolysis) is 1. The van der Waals surface area contributed by atoms with Gasteiger partial charge < -0.3 is 15.4 Å². The van der Waals surface area contributed by atoms with Crippen molar-refractivity contribution in [2.75, 3.05) is 6.54 Å². The Hall–Kier alpha value is -1.55. The Morgan fingerprint density at radius 3 is 2.41 bits per heavy atom. The normalized spacial score (nSPS) is 14.2.